The maximum atomic E-state index is 13.5. The Morgan fingerprint density at radius 1 is 0.931 bits per heavy atom. The van der Waals surface area contributed by atoms with Crippen LogP contribution in [0.3, 0.4) is 0 Å². The summed E-state index contributed by atoms with van der Waals surface area (Å²) in [5, 5.41) is 13.6. The van der Waals surface area contributed by atoms with Crippen LogP contribution in [0.2, 0.25) is 0 Å². The van der Waals surface area contributed by atoms with E-state index in [0.717, 1.165) is 0 Å². The Morgan fingerprint density at radius 2 is 1.55 bits per heavy atom. The monoisotopic (exact) mass is 392 g/mol. The van der Waals surface area contributed by atoms with Crippen LogP contribution < -0.4 is 5.32 Å². The minimum Gasteiger partial charge on any atom is -0.289 e. The number of tetrazole rings is 1. The summed E-state index contributed by atoms with van der Waals surface area (Å²) < 4.78 is 28.2. The van der Waals surface area contributed by atoms with Gasteiger partial charge in [0.2, 0.25) is 5.95 Å². The minimum atomic E-state index is -0.465. The van der Waals surface area contributed by atoms with Crippen molar-refractivity contribution in [1.29, 1.82) is 0 Å². The molecule has 0 spiro atoms. The summed E-state index contributed by atoms with van der Waals surface area (Å²) in [5.74, 6) is -1.09. The van der Waals surface area contributed by atoms with E-state index in [9.17, 15) is 13.6 Å². The van der Waals surface area contributed by atoms with Gasteiger partial charge in [0.1, 0.15) is 11.6 Å². The number of hydrogen-bond donors (Lipinski definition) is 1. The number of aromatic nitrogens is 5. The molecule has 0 aliphatic carbocycles. The maximum Gasteiger partial charge on any atom is 0.258 e. The molecule has 0 saturated carbocycles. The van der Waals surface area contributed by atoms with Crippen LogP contribution >= 0.6 is 0 Å². The van der Waals surface area contributed by atoms with Crippen molar-refractivity contribution in [3.63, 3.8) is 0 Å². The molecule has 4 rings (SSSR count). The molecular formula is C20H14F2N6O. The molecule has 1 amide bonds. The topological polar surface area (TPSA) is 85.6 Å². The summed E-state index contributed by atoms with van der Waals surface area (Å²) in [6, 6.07) is 13.0. The van der Waals surface area contributed by atoms with E-state index in [1.165, 1.54) is 35.1 Å². The maximum absolute atomic E-state index is 13.5. The second-order valence-electron chi connectivity index (χ2n) is 6.18. The zero-order valence-corrected chi connectivity index (χ0v) is 15.2. The first-order chi connectivity index (χ1) is 14.0. The highest BCUT2D eigenvalue weighted by Crippen LogP contribution is 2.34. The van der Waals surface area contributed by atoms with Crippen molar-refractivity contribution in [2.75, 3.05) is 5.32 Å². The number of amides is 1. The molecule has 0 atom stereocenters. The fourth-order valence-electron chi connectivity index (χ4n) is 2.89. The molecule has 0 fully saturated rings. The van der Waals surface area contributed by atoms with E-state index in [4.69, 9.17) is 0 Å². The van der Waals surface area contributed by atoms with E-state index < -0.39 is 11.7 Å². The van der Waals surface area contributed by atoms with Gasteiger partial charge in [-0.2, -0.15) is 0 Å². The summed E-state index contributed by atoms with van der Waals surface area (Å²) in [6.45, 7) is 0. The lowest BCUT2D eigenvalue weighted by molar-refractivity contribution is 0.102. The largest absolute Gasteiger partial charge is 0.289 e. The summed E-state index contributed by atoms with van der Waals surface area (Å²) in [5.41, 5.74) is 2.42. The summed E-state index contributed by atoms with van der Waals surface area (Å²) in [6.07, 6.45) is 1.48. The molecule has 0 radical (unpaired) electrons. The van der Waals surface area contributed by atoms with E-state index in [1.807, 2.05) is 0 Å². The fourth-order valence-corrected chi connectivity index (χ4v) is 2.89. The highest BCUT2D eigenvalue weighted by molar-refractivity contribution is 6.10. The molecule has 2 aromatic carbocycles. The Hall–Kier alpha value is -4.01. The number of nitrogens with one attached hydrogen (secondary N) is 1. The van der Waals surface area contributed by atoms with Gasteiger partial charge in [0, 0.05) is 24.4 Å². The SMILES string of the molecule is Cn1nnnc1NC(=O)c1ccnc(-c2ccc(F)cc2)c1-c1ccc(F)cc1. The highest BCUT2D eigenvalue weighted by Gasteiger charge is 2.20. The lowest BCUT2D eigenvalue weighted by Crippen LogP contribution is -2.17. The zero-order valence-electron chi connectivity index (χ0n) is 15.2. The minimum absolute atomic E-state index is 0.167. The quantitative estimate of drug-likeness (QED) is 0.575. The van der Waals surface area contributed by atoms with Gasteiger partial charge in [-0.15, -0.1) is 0 Å². The van der Waals surface area contributed by atoms with Crippen LogP contribution in [-0.2, 0) is 7.05 Å². The molecule has 0 aliphatic heterocycles. The Bertz CT molecular complexity index is 1170. The Kier molecular flexibility index (Phi) is 4.78. The molecule has 1 N–H and O–H groups in total. The number of anilines is 1. The molecule has 7 nitrogen and oxygen atoms in total. The van der Waals surface area contributed by atoms with Gasteiger partial charge in [0.15, 0.2) is 0 Å². The van der Waals surface area contributed by atoms with E-state index in [2.05, 4.69) is 25.8 Å². The number of pyridine rings is 1. The normalized spacial score (nSPS) is 10.7. The van der Waals surface area contributed by atoms with Gasteiger partial charge in [0.05, 0.1) is 11.3 Å². The van der Waals surface area contributed by atoms with Crippen molar-refractivity contribution < 1.29 is 13.6 Å². The highest BCUT2D eigenvalue weighted by atomic mass is 19.1. The molecule has 2 heterocycles. The lowest BCUT2D eigenvalue weighted by atomic mass is 9.94. The molecule has 0 saturated heterocycles. The first-order valence-electron chi connectivity index (χ1n) is 8.57. The number of carbonyl (C=O) groups excluding carboxylic acids is 1. The first kappa shape index (κ1) is 18.4. The Morgan fingerprint density at radius 3 is 2.14 bits per heavy atom. The van der Waals surface area contributed by atoms with Crippen LogP contribution in [0.5, 0.6) is 0 Å². The van der Waals surface area contributed by atoms with Crippen LogP contribution in [0, 0.1) is 11.6 Å². The van der Waals surface area contributed by atoms with Crippen LogP contribution in [-0.4, -0.2) is 31.1 Å². The summed E-state index contributed by atoms with van der Waals surface area (Å²) in [7, 11) is 1.59. The van der Waals surface area contributed by atoms with Crippen LogP contribution in [0.25, 0.3) is 22.4 Å². The molecule has 144 valence electrons. The number of carbonyl (C=O) groups is 1. The average Bonchev–Trinajstić information content (AvgIpc) is 3.13. The Balaban J connectivity index is 1.87. The number of nitrogens with zero attached hydrogens (tertiary/aromatic N) is 5. The van der Waals surface area contributed by atoms with Gasteiger partial charge >= 0.3 is 0 Å². The lowest BCUT2D eigenvalue weighted by Gasteiger charge is -2.14. The number of hydrogen-bond acceptors (Lipinski definition) is 5. The fraction of sp³-hybridized carbons (Fsp3) is 0.0500. The molecule has 0 aliphatic rings. The number of benzene rings is 2. The smallest absolute Gasteiger partial charge is 0.258 e. The van der Waals surface area contributed by atoms with E-state index in [0.29, 0.717) is 22.4 Å². The molecular weight excluding hydrogens is 378 g/mol. The van der Waals surface area contributed by atoms with Gasteiger partial charge in [-0.25, -0.2) is 13.5 Å². The second-order valence-corrected chi connectivity index (χ2v) is 6.18. The van der Waals surface area contributed by atoms with Crippen molar-refractivity contribution in [2.24, 2.45) is 7.05 Å². The van der Waals surface area contributed by atoms with Crippen molar-refractivity contribution in [2.45, 2.75) is 0 Å². The predicted molar refractivity (Wildman–Crippen MR) is 102 cm³/mol. The summed E-state index contributed by atoms with van der Waals surface area (Å²) in [4.78, 5) is 17.4. The molecule has 0 unspecified atom stereocenters. The summed E-state index contributed by atoms with van der Waals surface area (Å²) >= 11 is 0. The number of rotatable bonds is 4. The van der Waals surface area contributed by atoms with Crippen LogP contribution in [0.15, 0.2) is 60.8 Å². The zero-order chi connectivity index (χ0) is 20.4. The third kappa shape index (κ3) is 3.70. The van der Waals surface area contributed by atoms with Crippen molar-refractivity contribution in [1.82, 2.24) is 25.2 Å². The van der Waals surface area contributed by atoms with Gasteiger partial charge in [0.25, 0.3) is 5.91 Å². The number of aryl methyl sites for hydroxylation is 1. The predicted octanol–water partition coefficient (Wildman–Crippen LogP) is 3.47. The van der Waals surface area contributed by atoms with E-state index in [-0.39, 0.29) is 17.3 Å². The first-order valence-corrected chi connectivity index (χ1v) is 8.57. The third-order valence-corrected chi connectivity index (χ3v) is 4.29. The standard InChI is InChI=1S/C20H14F2N6O/c1-28-20(25-26-27-28)24-19(29)16-10-11-23-18(13-4-8-15(22)9-5-13)17(16)12-2-6-14(21)7-3-12/h2-11H,1H3,(H,24,25,27,29). The van der Waals surface area contributed by atoms with Gasteiger partial charge in [-0.3, -0.25) is 15.1 Å². The Labute approximate surface area is 164 Å². The molecule has 4 aromatic rings. The van der Waals surface area contributed by atoms with Gasteiger partial charge in [-0.1, -0.05) is 17.2 Å². The molecule has 29 heavy (non-hydrogen) atoms. The van der Waals surface area contributed by atoms with Crippen LogP contribution in [0.4, 0.5) is 14.7 Å². The molecule has 9 heteroatoms. The third-order valence-electron chi connectivity index (χ3n) is 4.29. The second kappa shape index (κ2) is 7.55. The average molecular weight is 392 g/mol. The van der Waals surface area contributed by atoms with E-state index in [1.54, 1.807) is 37.4 Å². The van der Waals surface area contributed by atoms with E-state index >= 15 is 0 Å². The van der Waals surface area contributed by atoms with Crippen molar-refractivity contribution in [3.05, 3.63) is 78.0 Å². The van der Waals surface area contributed by atoms with Gasteiger partial charge in [-0.05, 0) is 58.5 Å². The number of halogens is 2. The van der Waals surface area contributed by atoms with Crippen LogP contribution in [0.1, 0.15) is 10.4 Å². The van der Waals surface area contributed by atoms with Crippen molar-refractivity contribution in [3.8, 4) is 22.4 Å². The molecule has 2 aromatic heterocycles. The molecule has 0 bridgehead atoms. The van der Waals surface area contributed by atoms with Crippen molar-refractivity contribution >= 4 is 11.9 Å². The van der Waals surface area contributed by atoms with Gasteiger partial charge < -0.3 is 0 Å².